The third-order valence-corrected chi connectivity index (χ3v) is 4.37. The fourth-order valence-electron chi connectivity index (χ4n) is 1.31. The number of benzene rings is 1. The van der Waals surface area contributed by atoms with Crippen LogP contribution in [-0.2, 0) is 9.05 Å². The lowest BCUT2D eigenvalue weighted by atomic mass is 10.2. The summed E-state index contributed by atoms with van der Waals surface area (Å²) in [5, 5.41) is 9.04. The third kappa shape index (κ3) is 4.93. The van der Waals surface area contributed by atoms with Crippen molar-refractivity contribution in [2.75, 3.05) is 18.1 Å². The second-order valence-electron chi connectivity index (χ2n) is 3.45. The molecular formula is C11H13ClO5S2. The van der Waals surface area contributed by atoms with Gasteiger partial charge in [-0.05, 0) is 24.0 Å². The van der Waals surface area contributed by atoms with Gasteiger partial charge < -0.3 is 9.84 Å². The number of thioether (sulfide) groups is 1. The molecule has 19 heavy (non-hydrogen) atoms. The molecule has 1 aromatic carbocycles. The van der Waals surface area contributed by atoms with Gasteiger partial charge in [-0.25, -0.2) is 13.2 Å². The summed E-state index contributed by atoms with van der Waals surface area (Å²) in [7, 11) is 1.21. The van der Waals surface area contributed by atoms with Gasteiger partial charge in [0, 0.05) is 16.4 Å². The minimum Gasteiger partial charge on any atom is -0.492 e. The predicted octanol–water partition coefficient (Wildman–Crippen LogP) is 2.44. The summed E-state index contributed by atoms with van der Waals surface area (Å²) >= 11 is 1.66. The van der Waals surface area contributed by atoms with Gasteiger partial charge in [-0.15, -0.1) is 0 Å². The highest BCUT2D eigenvalue weighted by atomic mass is 35.7. The van der Waals surface area contributed by atoms with Crippen LogP contribution in [0.5, 0.6) is 5.75 Å². The number of hydrogen-bond acceptors (Lipinski definition) is 5. The Morgan fingerprint density at radius 3 is 2.68 bits per heavy atom. The zero-order valence-electron chi connectivity index (χ0n) is 10.1. The van der Waals surface area contributed by atoms with Crippen molar-refractivity contribution in [2.45, 2.75) is 11.8 Å². The van der Waals surface area contributed by atoms with Gasteiger partial charge in [-0.3, -0.25) is 0 Å². The second kappa shape index (κ2) is 7.02. The van der Waals surface area contributed by atoms with Crippen molar-refractivity contribution in [1.82, 2.24) is 0 Å². The number of aromatic carboxylic acids is 1. The summed E-state index contributed by atoms with van der Waals surface area (Å²) < 4.78 is 27.6. The first-order chi connectivity index (χ1) is 8.86. The van der Waals surface area contributed by atoms with E-state index in [1.165, 1.54) is 12.1 Å². The molecule has 0 aliphatic carbocycles. The molecule has 5 nitrogen and oxygen atoms in total. The molecule has 0 aliphatic rings. The molecule has 0 aromatic heterocycles. The van der Waals surface area contributed by atoms with Crippen LogP contribution in [0, 0.1) is 0 Å². The Morgan fingerprint density at radius 2 is 2.16 bits per heavy atom. The maximum Gasteiger partial charge on any atom is 0.339 e. The van der Waals surface area contributed by atoms with Crippen molar-refractivity contribution in [2.24, 2.45) is 0 Å². The van der Waals surface area contributed by atoms with E-state index < -0.39 is 15.0 Å². The van der Waals surface area contributed by atoms with Gasteiger partial charge in [0.2, 0.25) is 0 Å². The van der Waals surface area contributed by atoms with Gasteiger partial charge in [-0.2, -0.15) is 11.8 Å². The minimum atomic E-state index is -3.96. The standard InChI is InChI=1S/C11H13ClO5S2/c1-2-18-6-5-17-10-4-3-8(19(12,15)16)7-9(10)11(13)14/h3-4,7H,2,5-6H2,1H3,(H,13,14). The van der Waals surface area contributed by atoms with Gasteiger partial charge in [0.25, 0.3) is 9.05 Å². The van der Waals surface area contributed by atoms with Gasteiger partial charge in [-0.1, -0.05) is 6.92 Å². The molecule has 0 saturated carbocycles. The second-order valence-corrected chi connectivity index (χ2v) is 7.41. The Bertz CT molecular complexity index is 556. The normalized spacial score (nSPS) is 11.3. The molecule has 8 heteroatoms. The Hall–Kier alpha value is -0.920. The monoisotopic (exact) mass is 324 g/mol. The largest absolute Gasteiger partial charge is 0.492 e. The van der Waals surface area contributed by atoms with Crippen LogP contribution in [-0.4, -0.2) is 37.6 Å². The van der Waals surface area contributed by atoms with Gasteiger partial charge >= 0.3 is 5.97 Å². The number of halogens is 1. The first-order valence-electron chi connectivity index (χ1n) is 5.38. The molecule has 0 bridgehead atoms. The Balaban J connectivity index is 2.96. The van der Waals surface area contributed by atoms with E-state index in [4.69, 9.17) is 20.5 Å². The molecule has 1 N–H and O–H groups in total. The molecule has 0 unspecified atom stereocenters. The lowest BCUT2D eigenvalue weighted by Gasteiger charge is -2.09. The lowest BCUT2D eigenvalue weighted by Crippen LogP contribution is -2.07. The van der Waals surface area contributed by atoms with Crippen LogP contribution in [0.3, 0.4) is 0 Å². The molecule has 106 valence electrons. The SMILES string of the molecule is CCSCCOc1ccc(S(=O)(=O)Cl)cc1C(=O)O. The summed E-state index contributed by atoms with van der Waals surface area (Å²) in [6, 6.07) is 3.51. The van der Waals surface area contributed by atoms with Crippen LogP contribution < -0.4 is 4.74 Å². The zero-order valence-corrected chi connectivity index (χ0v) is 12.5. The highest BCUT2D eigenvalue weighted by Crippen LogP contribution is 2.25. The van der Waals surface area contributed by atoms with Crippen molar-refractivity contribution in [3.63, 3.8) is 0 Å². The summed E-state index contributed by atoms with van der Waals surface area (Å²) in [6.45, 7) is 2.36. The highest BCUT2D eigenvalue weighted by Gasteiger charge is 2.17. The van der Waals surface area contributed by atoms with Crippen LogP contribution in [0.2, 0.25) is 0 Å². The molecule has 0 heterocycles. The molecule has 0 aliphatic heterocycles. The van der Waals surface area contributed by atoms with E-state index in [1.807, 2.05) is 6.92 Å². The van der Waals surface area contributed by atoms with E-state index in [0.29, 0.717) is 6.61 Å². The number of ether oxygens (including phenoxy) is 1. The first kappa shape index (κ1) is 16.1. The molecule has 1 aromatic rings. The fourth-order valence-corrected chi connectivity index (χ4v) is 2.58. The number of carboxylic acid groups (broad SMARTS) is 1. The molecule has 1 rings (SSSR count). The predicted molar refractivity (Wildman–Crippen MR) is 74.9 cm³/mol. The van der Waals surface area contributed by atoms with Gasteiger partial charge in [0.05, 0.1) is 11.5 Å². The van der Waals surface area contributed by atoms with E-state index in [-0.39, 0.29) is 16.2 Å². The summed E-state index contributed by atoms with van der Waals surface area (Å²) in [5.74, 6) is 0.539. The molecule has 0 amide bonds. The van der Waals surface area contributed by atoms with Gasteiger partial charge in [0.15, 0.2) is 0 Å². The Morgan fingerprint density at radius 1 is 1.47 bits per heavy atom. The maximum atomic E-state index is 11.1. The van der Waals surface area contributed by atoms with E-state index in [0.717, 1.165) is 17.6 Å². The van der Waals surface area contributed by atoms with Crippen molar-refractivity contribution < 1.29 is 23.1 Å². The molecule has 0 radical (unpaired) electrons. The average Bonchev–Trinajstić information content (AvgIpc) is 2.33. The summed E-state index contributed by atoms with van der Waals surface area (Å²) in [4.78, 5) is 10.8. The van der Waals surface area contributed by atoms with Crippen molar-refractivity contribution in [3.8, 4) is 5.75 Å². The average molecular weight is 325 g/mol. The van der Waals surface area contributed by atoms with Crippen LogP contribution in [0.4, 0.5) is 0 Å². The number of carboxylic acids is 1. The summed E-state index contributed by atoms with van der Waals surface area (Å²) in [5.41, 5.74) is -0.219. The van der Waals surface area contributed by atoms with Crippen LogP contribution >= 0.6 is 22.4 Å². The Kier molecular flexibility index (Phi) is 5.96. The quantitative estimate of drug-likeness (QED) is 0.613. The number of rotatable bonds is 7. The highest BCUT2D eigenvalue weighted by molar-refractivity contribution is 8.13. The van der Waals surface area contributed by atoms with Crippen LogP contribution in [0.25, 0.3) is 0 Å². The maximum absolute atomic E-state index is 11.1. The van der Waals surface area contributed by atoms with E-state index in [1.54, 1.807) is 11.8 Å². The smallest absolute Gasteiger partial charge is 0.339 e. The van der Waals surface area contributed by atoms with Crippen molar-refractivity contribution in [1.29, 1.82) is 0 Å². The molecule has 0 spiro atoms. The lowest BCUT2D eigenvalue weighted by molar-refractivity contribution is 0.0692. The summed E-state index contributed by atoms with van der Waals surface area (Å²) in [6.07, 6.45) is 0. The minimum absolute atomic E-state index is 0.133. The number of hydrogen-bond donors (Lipinski definition) is 1. The van der Waals surface area contributed by atoms with Gasteiger partial charge in [0.1, 0.15) is 11.3 Å². The number of carbonyl (C=O) groups is 1. The van der Waals surface area contributed by atoms with E-state index in [9.17, 15) is 13.2 Å². The molecule has 0 atom stereocenters. The van der Waals surface area contributed by atoms with Crippen LogP contribution in [0.1, 0.15) is 17.3 Å². The Labute approximate surface area is 120 Å². The van der Waals surface area contributed by atoms with Crippen molar-refractivity contribution >= 4 is 37.5 Å². The third-order valence-electron chi connectivity index (χ3n) is 2.15. The van der Waals surface area contributed by atoms with Crippen molar-refractivity contribution in [3.05, 3.63) is 23.8 Å². The van der Waals surface area contributed by atoms with E-state index >= 15 is 0 Å². The van der Waals surface area contributed by atoms with E-state index in [2.05, 4.69) is 0 Å². The fraction of sp³-hybridized carbons (Fsp3) is 0.364. The molecular weight excluding hydrogens is 312 g/mol. The molecule has 0 saturated heterocycles. The van der Waals surface area contributed by atoms with Crippen LogP contribution in [0.15, 0.2) is 23.1 Å². The molecule has 0 fully saturated rings. The zero-order chi connectivity index (χ0) is 14.5. The topological polar surface area (TPSA) is 80.7 Å². The first-order valence-corrected chi connectivity index (χ1v) is 8.85.